The number of hydrogen-bond acceptors (Lipinski definition) is 2. The van der Waals surface area contributed by atoms with Gasteiger partial charge in [-0.05, 0) is 25.7 Å². The average Bonchev–Trinajstić information content (AvgIpc) is 2.63. The van der Waals surface area contributed by atoms with Crippen LogP contribution in [0.1, 0.15) is 11.6 Å². The highest BCUT2D eigenvalue weighted by Gasteiger charge is 2.15. The number of rotatable bonds is 3. The van der Waals surface area contributed by atoms with Crippen LogP contribution in [0, 0.1) is 0 Å². The molecule has 0 saturated carbocycles. The number of aromatic nitrogens is 1. The summed E-state index contributed by atoms with van der Waals surface area (Å²) in [5.41, 5.74) is 8.25. The lowest BCUT2D eigenvalue weighted by Gasteiger charge is -2.22. The molecule has 0 spiro atoms. The van der Waals surface area contributed by atoms with E-state index < -0.39 is 0 Å². The maximum Gasteiger partial charge on any atom is 0.0485 e. The molecule has 0 saturated heterocycles. The highest BCUT2D eigenvalue weighted by Crippen LogP contribution is 2.25. The summed E-state index contributed by atoms with van der Waals surface area (Å²) in [6.45, 7) is 0.634. The van der Waals surface area contributed by atoms with Gasteiger partial charge in [0, 0.05) is 29.7 Å². The van der Waals surface area contributed by atoms with E-state index in [4.69, 9.17) is 5.73 Å². The Morgan fingerprint density at radius 1 is 1.33 bits per heavy atom. The molecule has 0 fully saturated rings. The van der Waals surface area contributed by atoms with Crippen LogP contribution in [0.4, 0.5) is 0 Å². The summed E-state index contributed by atoms with van der Waals surface area (Å²) in [6.07, 6.45) is 2.06. The van der Waals surface area contributed by atoms with Crippen molar-refractivity contribution >= 4 is 10.9 Å². The maximum atomic E-state index is 5.80. The van der Waals surface area contributed by atoms with Gasteiger partial charge >= 0.3 is 0 Å². The van der Waals surface area contributed by atoms with Crippen LogP contribution in [-0.2, 0) is 0 Å². The Labute approximate surface area is 89.9 Å². The molecule has 80 valence electrons. The standard InChI is InChI=1S/C12H17N3/c1-15(2)12(7-13)10-8-14-11-6-4-3-5-9(10)11/h3-6,8,12,14H,7,13H2,1-2H3. The molecule has 1 aromatic heterocycles. The third kappa shape index (κ3) is 1.76. The average molecular weight is 203 g/mol. The minimum atomic E-state index is 0.279. The third-order valence-corrected chi connectivity index (χ3v) is 2.83. The first-order valence-corrected chi connectivity index (χ1v) is 5.16. The minimum absolute atomic E-state index is 0.279. The second-order valence-electron chi connectivity index (χ2n) is 4.00. The molecule has 0 amide bonds. The molecule has 3 N–H and O–H groups in total. The fourth-order valence-electron chi connectivity index (χ4n) is 1.99. The van der Waals surface area contributed by atoms with Crippen LogP contribution in [0.3, 0.4) is 0 Å². The Kier molecular flexibility index (Phi) is 2.75. The highest BCUT2D eigenvalue weighted by atomic mass is 15.1. The fourth-order valence-corrected chi connectivity index (χ4v) is 1.99. The summed E-state index contributed by atoms with van der Waals surface area (Å²) in [5.74, 6) is 0. The lowest BCUT2D eigenvalue weighted by molar-refractivity contribution is 0.308. The van der Waals surface area contributed by atoms with E-state index in [2.05, 4.69) is 48.4 Å². The number of hydrogen-bond donors (Lipinski definition) is 2. The summed E-state index contributed by atoms with van der Waals surface area (Å²) in [4.78, 5) is 5.42. The first-order valence-electron chi connectivity index (χ1n) is 5.16. The zero-order chi connectivity index (χ0) is 10.8. The minimum Gasteiger partial charge on any atom is -0.361 e. The molecule has 1 heterocycles. The van der Waals surface area contributed by atoms with Crippen LogP contribution in [0.5, 0.6) is 0 Å². The molecule has 1 atom stereocenters. The molecule has 2 rings (SSSR count). The summed E-state index contributed by atoms with van der Waals surface area (Å²) in [7, 11) is 4.11. The molecule has 0 aliphatic heterocycles. The SMILES string of the molecule is CN(C)C(CN)c1c[nH]c2ccccc12. The second-order valence-corrected chi connectivity index (χ2v) is 4.00. The second kappa shape index (κ2) is 4.04. The van der Waals surface area contributed by atoms with E-state index in [0.717, 1.165) is 0 Å². The van der Waals surface area contributed by atoms with Crippen LogP contribution in [-0.4, -0.2) is 30.5 Å². The van der Waals surface area contributed by atoms with Crippen molar-refractivity contribution in [3.8, 4) is 0 Å². The van der Waals surface area contributed by atoms with E-state index in [1.54, 1.807) is 0 Å². The number of nitrogens with zero attached hydrogens (tertiary/aromatic N) is 1. The normalized spacial score (nSPS) is 13.6. The van der Waals surface area contributed by atoms with Crippen molar-refractivity contribution in [1.82, 2.24) is 9.88 Å². The summed E-state index contributed by atoms with van der Waals surface area (Å²) in [5, 5.41) is 1.27. The van der Waals surface area contributed by atoms with Crippen molar-refractivity contribution in [2.75, 3.05) is 20.6 Å². The Morgan fingerprint density at radius 3 is 2.73 bits per heavy atom. The number of aromatic amines is 1. The monoisotopic (exact) mass is 203 g/mol. The summed E-state index contributed by atoms with van der Waals surface area (Å²) < 4.78 is 0. The van der Waals surface area contributed by atoms with Crippen LogP contribution < -0.4 is 5.73 Å². The Balaban J connectivity index is 2.51. The molecule has 1 aromatic carbocycles. The first-order chi connectivity index (χ1) is 7.24. The predicted octanol–water partition coefficient (Wildman–Crippen LogP) is 1.73. The predicted molar refractivity (Wildman–Crippen MR) is 63.8 cm³/mol. The van der Waals surface area contributed by atoms with Crippen molar-refractivity contribution < 1.29 is 0 Å². The van der Waals surface area contributed by atoms with E-state index >= 15 is 0 Å². The maximum absolute atomic E-state index is 5.80. The van der Waals surface area contributed by atoms with Gasteiger partial charge in [-0.25, -0.2) is 0 Å². The molecule has 3 heteroatoms. The van der Waals surface area contributed by atoms with Gasteiger partial charge in [0.15, 0.2) is 0 Å². The largest absolute Gasteiger partial charge is 0.361 e. The van der Waals surface area contributed by atoms with E-state index in [1.807, 2.05) is 6.07 Å². The van der Waals surface area contributed by atoms with Crippen molar-refractivity contribution in [3.05, 3.63) is 36.0 Å². The Morgan fingerprint density at radius 2 is 2.07 bits per heavy atom. The molecule has 0 aliphatic carbocycles. The Bertz CT molecular complexity index is 445. The molecule has 0 radical (unpaired) electrons. The smallest absolute Gasteiger partial charge is 0.0485 e. The van der Waals surface area contributed by atoms with Crippen molar-refractivity contribution in [3.63, 3.8) is 0 Å². The number of nitrogens with one attached hydrogen (secondary N) is 1. The number of benzene rings is 1. The van der Waals surface area contributed by atoms with Gasteiger partial charge in [0.1, 0.15) is 0 Å². The number of H-pyrrole nitrogens is 1. The molecule has 3 nitrogen and oxygen atoms in total. The van der Waals surface area contributed by atoms with Crippen LogP contribution in [0.2, 0.25) is 0 Å². The number of para-hydroxylation sites is 1. The van der Waals surface area contributed by atoms with Crippen molar-refractivity contribution in [2.45, 2.75) is 6.04 Å². The van der Waals surface area contributed by atoms with Gasteiger partial charge in [-0.2, -0.15) is 0 Å². The molecular weight excluding hydrogens is 186 g/mol. The first kappa shape index (κ1) is 10.2. The van der Waals surface area contributed by atoms with Gasteiger partial charge in [0.25, 0.3) is 0 Å². The van der Waals surface area contributed by atoms with Crippen LogP contribution >= 0.6 is 0 Å². The summed E-state index contributed by atoms with van der Waals surface area (Å²) in [6, 6.07) is 8.59. The zero-order valence-corrected chi connectivity index (χ0v) is 9.20. The van der Waals surface area contributed by atoms with Crippen molar-refractivity contribution in [2.24, 2.45) is 5.73 Å². The lowest BCUT2D eigenvalue weighted by Crippen LogP contribution is -2.26. The zero-order valence-electron chi connectivity index (χ0n) is 9.20. The topological polar surface area (TPSA) is 45.0 Å². The van der Waals surface area contributed by atoms with E-state index in [-0.39, 0.29) is 6.04 Å². The van der Waals surface area contributed by atoms with Gasteiger partial charge in [0.05, 0.1) is 0 Å². The van der Waals surface area contributed by atoms with Gasteiger partial charge in [0.2, 0.25) is 0 Å². The van der Waals surface area contributed by atoms with Gasteiger partial charge < -0.3 is 15.6 Å². The molecule has 2 aromatic rings. The van der Waals surface area contributed by atoms with Crippen LogP contribution in [0.25, 0.3) is 10.9 Å². The molecule has 0 aliphatic rings. The highest BCUT2D eigenvalue weighted by molar-refractivity contribution is 5.83. The lowest BCUT2D eigenvalue weighted by atomic mass is 10.1. The third-order valence-electron chi connectivity index (χ3n) is 2.83. The summed E-state index contributed by atoms with van der Waals surface area (Å²) >= 11 is 0. The van der Waals surface area contributed by atoms with Crippen LogP contribution in [0.15, 0.2) is 30.5 Å². The number of nitrogens with two attached hydrogens (primary N) is 1. The van der Waals surface area contributed by atoms with Gasteiger partial charge in [-0.15, -0.1) is 0 Å². The van der Waals surface area contributed by atoms with E-state index in [0.29, 0.717) is 6.54 Å². The van der Waals surface area contributed by atoms with Gasteiger partial charge in [-0.3, -0.25) is 0 Å². The Hall–Kier alpha value is -1.32. The van der Waals surface area contributed by atoms with Gasteiger partial charge in [-0.1, -0.05) is 18.2 Å². The molecule has 0 bridgehead atoms. The molecule has 15 heavy (non-hydrogen) atoms. The number of likely N-dealkylation sites (N-methyl/N-ethyl adjacent to an activating group) is 1. The van der Waals surface area contributed by atoms with Crippen molar-refractivity contribution in [1.29, 1.82) is 0 Å². The molecule has 1 unspecified atom stereocenters. The number of fused-ring (bicyclic) bond motifs is 1. The molecular formula is C12H17N3. The van der Waals surface area contributed by atoms with E-state index in [1.165, 1.54) is 16.5 Å². The fraction of sp³-hybridized carbons (Fsp3) is 0.333. The quantitative estimate of drug-likeness (QED) is 0.798. The van der Waals surface area contributed by atoms with E-state index in [9.17, 15) is 0 Å².